The summed E-state index contributed by atoms with van der Waals surface area (Å²) in [5.74, 6) is -1.39. The van der Waals surface area contributed by atoms with Crippen molar-refractivity contribution in [2.75, 3.05) is 42.5 Å². The zero-order valence-corrected chi connectivity index (χ0v) is 26.2. The molecule has 1 unspecified atom stereocenters. The van der Waals surface area contributed by atoms with Gasteiger partial charge in [-0.2, -0.15) is 0 Å². The van der Waals surface area contributed by atoms with Crippen molar-refractivity contribution >= 4 is 50.8 Å². The Balaban J connectivity index is 1.13. The summed E-state index contributed by atoms with van der Waals surface area (Å²) in [7, 11) is 0. The van der Waals surface area contributed by atoms with E-state index >= 15 is 0 Å². The van der Waals surface area contributed by atoms with Crippen LogP contribution in [0.5, 0.6) is 0 Å². The van der Waals surface area contributed by atoms with E-state index in [0.717, 1.165) is 78.2 Å². The highest BCUT2D eigenvalue weighted by molar-refractivity contribution is 7.17. The number of hydrogen-bond acceptors (Lipinski definition) is 7. The van der Waals surface area contributed by atoms with Gasteiger partial charge in [0.1, 0.15) is 5.82 Å². The van der Waals surface area contributed by atoms with Crippen LogP contribution in [0.15, 0.2) is 41.8 Å². The molecule has 3 heterocycles. The van der Waals surface area contributed by atoms with Gasteiger partial charge in [-0.1, -0.05) is 57.6 Å². The van der Waals surface area contributed by atoms with E-state index < -0.39 is 24.1 Å². The van der Waals surface area contributed by atoms with Crippen LogP contribution in [0.25, 0.3) is 10.1 Å². The van der Waals surface area contributed by atoms with E-state index in [4.69, 9.17) is 4.74 Å². The molecular weight excluding hydrogens is 581 g/mol. The fourth-order valence-electron chi connectivity index (χ4n) is 6.21. The predicted molar refractivity (Wildman–Crippen MR) is 172 cm³/mol. The van der Waals surface area contributed by atoms with Crippen molar-refractivity contribution in [2.45, 2.75) is 77.2 Å². The molecule has 1 fully saturated rings. The molecule has 236 valence electrons. The third kappa shape index (κ3) is 7.77. The number of halogens is 1. The maximum atomic E-state index is 14.2. The molecule has 1 atom stereocenters. The Labute approximate surface area is 262 Å². The number of carbonyl (C=O) groups excluding carboxylic acids is 2. The molecule has 2 aliphatic heterocycles. The van der Waals surface area contributed by atoms with Crippen LogP contribution in [-0.2, 0) is 27.2 Å². The summed E-state index contributed by atoms with van der Waals surface area (Å²) < 4.78 is 20.6. The second-order valence-electron chi connectivity index (χ2n) is 11.8. The fraction of sp³-hybridized carbons (Fsp3) is 0.500. The van der Waals surface area contributed by atoms with Crippen LogP contribution >= 0.6 is 11.3 Å². The number of anilines is 2. The van der Waals surface area contributed by atoms with Crippen molar-refractivity contribution in [3.8, 4) is 0 Å². The van der Waals surface area contributed by atoms with Crippen LogP contribution in [0, 0.1) is 5.82 Å². The molecule has 1 saturated heterocycles. The van der Waals surface area contributed by atoms with Gasteiger partial charge in [-0.3, -0.25) is 14.5 Å². The lowest BCUT2D eigenvalue weighted by Crippen LogP contribution is -2.49. The third-order valence-electron chi connectivity index (χ3n) is 8.69. The largest absolute Gasteiger partial charge is 0.464 e. The lowest BCUT2D eigenvalue weighted by molar-refractivity contribution is -0.155. The summed E-state index contributed by atoms with van der Waals surface area (Å²) in [5, 5.41) is 13.0. The van der Waals surface area contributed by atoms with E-state index in [-0.39, 0.29) is 18.7 Å². The highest BCUT2D eigenvalue weighted by Gasteiger charge is 2.39. The summed E-state index contributed by atoms with van der Waals surface area (Å²) in [6.07, 6.45) is 6.06. The molecule has 44 heavy (non-hydrogen) atoms. The Hall–Kier alpha value is -3.50. The summed E-state index contributed by atoms with van der Waals surface area (Å²) in [4.78, 5) is 43.1. The van der Waals surface area contributed by atoms with Crippen molar-refractivity contribution in [3.63, 3.8) is 0 Å². The molecule has 8 nitrogen and oxygen atoms in total. The maximum Gasteiger partial charge on any atom is 0.418 e. The van der Waals surface area contributed by atoms with Crippen LogP contribution in [0.3, 0.4) is 0 Å². The Morgan fingerprint density at radius 2 is 1.73 bits per heavy atom. The van der Waals surface area contributed by atoms with Crippen LogP contribution in [0.2, 0.25) is 0 Å². The first-order valence-electron chi connectivity index (χ1n) is 15.9. The molecule has 1 aromatic heterocycles. The SMILES string of the molecule is CCCCCCCCCC(=O)OC1Cc2ccc(CCN3CCN(c4cc(F)cc5sccc45)CC3)cc2N(C(=O)O)C1=O. The minimum atomic E-state index is -1.38. The Bertz CT molecular complexity index is 1470. The van der Waals surface area contributed by atoms with E-state index in [2.05, 4.69) is 16.7 Å². The second-order valence-corrected chi connectivity index (χ2v) is 12.8. The Kier molecular flexibility index (Phi) is 10.9. The quantitative estimate of drug-likeness (QED) is 0.162. The Morgan fingerprint density at radius 3 is 2.48 bits per heavy atom. The van der Waals surface area contributed by atoms with E-state index in [1.807, 2.05) is 23.6 Å². The monoisotopic (exact) mass is 623 g/mol. The lowest BCUT2D eigenvalue weighted by atomic mass is 9.96. The van der Waals surface area contributed by atoms with Crippen molar-refractivity contribution < 1.29 is 28.6 Å². The number of amides is 2. The number of hydrogen-bond donors (Lipinski definition) is 1. The molecule has 0 spiro atoms. The zero-order chi connectivity index (χ0) is 31.1. The molecule has 1 N–H and O–H groups in total. The highest BCUT2D eigenvalue weighted by Crippen LogP contribution is 2.33. The first-order chi connectivity index (χ1) is 21.3. The van der Waals surface area contributed by atoms with E-state index in [1.54, 1.807) is 29.5 Å². The molecule has 10 heteroatoms. The summed E-state index contributed by atoms with van der Waals surface area (Å²) >= 11 is 1.55. The van der Waals surface area contributed by atoms with Gasteiger partial charge in [-0.25, -0.2) is 14.1 Å². The first kappa shape index (κ1) is 31.9. The standard InChI is InChI=1S/C34H42FN3O5S/c1-2-3-4-5-6-7-8-9-32(39)43-30-21-25-11-10-24(20-28(25)38(33(30)40)34(41)42)12-14-36-15-17-37(18-16-36)29-22-26(35)23-31-27(29)13-19-44-31/h10-11,13,19-20,22-23,30H,2-9,12,14-18,21H2,1H3,(H,41,42). The van der Waals surface area contributed by atoms with Crippen molar-refractivity contribution in [2.24, 2.45) is 0 Å². The van der Waals surface area contributed by atoms with Crippen LogP contribution < -0.4 is 9.80 Å². The molecule has 2 aliphatic rings. The summed E-state index contributed by atoms with van der Waals surface area (Å²) in [6.45, 7) is 6.20. The number of imide groups is 1. The van der Waals surface area contributed by atoms with Gasteiger partial charge in [0, 0.05) is 61.3 Å². The average molecular weight is 624 g/mol. The number of unbranched alkanes of at least 4 members (excludes halogenated alkanes) is 6. The van der Waals surface area contributed by atoms with Gasteiger partial charge in [-0.05, 0) is 53.6 Å². The molecule has 0 aliphatic carbocycles. The van der Waals surface area contributed by atoms with E-state index in [1.165, 1.54) is 19.3 Å². The molecular formula is C34H42FN3O5S. The van der Waals surface area contributed by atoms with Gasteiger partial charge in [0.15, 0.2) is 6.10 Å². The molecule has 5 rings (SSSR count). The number of carboxylic acid groups (broad SMARTS) is 1. The molecule has 0 radical (unpaired) electrons. The van der Waals surface area contributed by atoms with Crippen LogP contribution in [-0.4, -0.2) is 66.8 Å². The molecule has 3 aromatic rings. The van der Waals surface area contributed by atoms with Crippen molar-refractivity contribution in [1.29, 1.82) is 0 Å². The van der Waals surface area contributed by atoms with Crippen molar-refractivity contribution in [3.05, 3.63) is 58.7 Å². The Morgan fingerprint density at radius 1 is 0.977 bits per heavy atom. The predicted octanol–water partition coefficient (Wildman–Crippen LogP) is 7.02. The number of ether oxygens (including phenoxy) is 1. The number of carbonyl (C=O) groups is 3. The topological polar surface area (TPSA) is 90.4 Å². The zero-order valence-electron chi connectivity index (χ0n) is 25.4. The number of nitrogens with zero attached hydrogens (tertiary/aromatic N) is 3. The average Bonchev–Trinajstić information content (AvgIpc) is 3.48. The van der Waals surface area contributed by atoms with Crippen LogP contribution in [0.4, 0.5) is 20.6 Å². The molecule has 0 bridgehead atoms. The van der Waals surface area contributed by atoms with Gasteiger partial charge in [-0.15, -0.1) is 11.3 Å². The molecule has 2 amide bonds. The van der Waals surface area contributed by atoms with Gasteiger partial charge < -0.3 is 14.7 Å². The van der Waals surface area contributed by atoms with Gasteiger partial charge in [0.05, 0.1) is 5.69 Å². The molecule has 0 saturated carbocycles. The molecule has 2 aromatic carbocycles. The number of fused-ring (bicyclic) bond motifs is 2. The van der Waals surface area contributed by atoms with Crippen molar-refractivity contribution in [1.82, 2.24) is 4.90 Å². The second kappa shape index (κ2) is 15.0. The number of benzene rings is 2. The minimum Gasteiger partial charge on any atom is -0.464 e. The fourth-order valence-corrected chi connectivity index (χ4v) is 7.04. The first-order valence-corrected chi connectivity index (χ1v) is 16.7. The van der Waals surface area contributed by atoms with E-state index in [0.29, 0.717) is 24.1 Å². The van der Waals surface area contributed by atoms with E-state index in [9.17, 15) is 23.9 Å². The highest BCUT2D eigenvalue weighted by atomic mass is 32.1. The lowest BCUT2D eigenvalue weighted by Gasteiger charge is -2.36. The summed E-state index contributed by atoms with van der Waals surface area (Å²) in [6, 6.07) is 10.8. The summed E-state index contributed by atoms with van der Waals surface area (Å²) in [5.41, 5.74) is 2.89. The number of thiophene rings is 1. The maximum absolute atomic E-state index is 14.2. The van der Waals surface area contributed by atoms with Crippen LogP contribution in [0.1, 0.15) is 69.4 Å². The number of piperazine rings is 1. The van der Waals surface area contributed by atoms with Gasteiger partial charge in [0.2, 0.25) is 0 Å². The minimum absolute atomic E-state index is 0.167. The number of rotatable bonds is 13. The number of esters is 1. The normalized spacial score (nSPS) is 17.2. The smallest absolute Gasteiger partial charge is 0.418 e. The third-order valence-corrected chi connectivity index (χ3v) is 9.55. The van der Waals surface area contributed by atoms with Gasteiger partial charge in [0.25, 0.3) is 5.91 Å². The van der Waals surface area contributed by atoms with Gasteiger partial charge >= 0.3 is 12.1 Å².